The molecule has 0 bridgehead atoms. The summed E-state index contributed by atoms with van der Waals surface area (Å²) >= 11 is 5.95. The number of rotatable bonds is 3. The Labute approximate surface area is 123 Å². The van der Waals surface area contributed by atoms with Crippen LogP contribution in [0.5, 0.6) is 0 Å². The van der Waals surface area contributed by atoms with E-state index in [4.69, 9.17) is 21.6 Å². The Morgan fingerprint density at radius 1 is 1.55 bits per heavy atom. The third kappa shape index (κ3) is 2.81. The second kappa shape index (κ2) is 5.34. The predicted octanol–water partition coefficient (Wildman–Crippen LogP) is 2.06. The predicted molar refractivity (Wildman–Crippen MR) is 74.9 cm³/mol. The zero-order valence-electron chi connectivity index (χ0n) is 11.2. The molecule has 1 aliphatic rings. The zero-order chi connectivity index (χ0) is 15.0. The fourth-order valence-electron chi connectivity index (χ4n) is 2.11. The highest BCUT2D eigenvalue weighted by Gasteiger charge is 2.41. The van der Waals surface area contributed by atoms with Crippen molar-refractivity contribution in [1.82, 2.24) is 4.72 Å². The number of hydrogen-bond acceptors (Lipinski definition) is 4. The molecule has 1 aliphatic heterocycles. The quantitative estimate of drug-likeness (QED) is 0.926. The maximum Gasteiger partial charge on any atom is 0.242 e. The van der Waals surface area contributed by atoms with Crippen molar-refractivity contribution in [2.24, 2.45) is 0 Å². The van der Waals surface area contributed by atoms with Gasteiger partial charge < -0.3 is 4.74 Å². The number of nitriles is 1. The molecule has 2 rings (SSSR count). The first-order valence-corrected chi connectivity index (χ1v) is 8.00. The molecule has 0 aliphatic carbocycles. The number of hydrogen-bond donors (Lipinski definition) is 1. The van der Waals surface area contributed by atoms with Gasteiger partial charge in [-0.2, -0.15) is 5.26 Å². The van der Waals surface area contributed by atoms with Crippen LogP contribution in [0.1, 0.15) is 25.8 Å². The Kier molecular flexibility index (Phi) is 4.07. The average Bonchev–Trinajstić information content (AvgIpc) is 2.68. The molecule has 1 fully saturated rings. The molecule has 1 aromatic rings. The van der Waals surface area contributed by atoms with Crippen LogP contribution in [-0.2, 0) is 14.8 Å². The van der Waals surface area contributed by atoms with E-state index in [1.165, 1.54) is 18.2 Å². The van der Waals surface area contributed by atoms with E-state index in [1.807, 2.05) is 13.0 Å². The molecule has 0 amide bonds. The van der Waals surface area contributed by atoms with Gasteiger partial charge in [-0.15, -0.1) is 0 Å². The van der Waals surface area contributed by atoms with Crippen LogP contribution in [0.3, 0.4) is 0 Å². The van der Waals surface area contributed by atoms with Crippen LogP contribution in [0.15, 0.2) is 23.1 Å². The lowest BCUT2D eigenvalue weighted by Crippen LogP contribution is -2.50. The van der Waals surface area contributed by atoms with Gasteiger partial charge >= 0.3 is 0 Å². The summed E-state index contributed by atoms with van der Waals surface area (Å²) in [6, 6.07) is 6.06. The van der Waals surface area contributed by atoms with E-state index in [9.17, 15) is 8.42 Å². The minimum absolute atomic E-state index is 0.0847. The Balaban J connectivity index is 2.39. The van der Waals surface area contributed by atoms with Crippen molar-refractivity contribution in [2.75, 3.05) is 6.61 Å². The smallest absolute Gasteiger partial charge is 0.242 e. The summed E-state index contributed by atoms with van der Waals surface area (Å²) in [6.45, 7) is 4.12. The minimum atomic E-state index is -3.81. The SMILES string of the molecule is CC1OCCC1(C)NS(=O)(=O)c1cc(C#N)ccc1Cl. The fraction of sp³-hybridized carbons (Fsp3) is 0.462. The number of ether oxygens (including phenoxy) is 1. The van der Waals surface area contributed by atoms with Gasteiger partial charge in [-0.05, 0) is 38.5 Å². The standard InChI is InChI=1S/C13H15ClN2O3S/c1-9-13(2,5-6-19-9)16-20(17,18)12-7-10(8-15)3-4-11(12)14/h3-4,7,9,16H,5-6H2,1-2H3. The monoisotopic (exact) mass is 314 g/mol. The molecule has 20 heavy (non-hydrogen) atoms. The Morgan fingerprint density at radius 2 is 2.25 bits per heavy atom. The van der Waals surface area contributed by atoms with Crippen LogP contribution in [-0.4, -0.2) is 26.7 Å². The molecule has 0 spiro atoms. The molecular weight excluding hydrogens is 300 g/mol. The van der Waals surface area contributed by atoms with Crippen molar-refractivity contribution in [3.8, 4) is 6.07 Å². The summed E-state index contributed by atoms with van der Waals surface area (Å²) < 4.78 is 33.0. The molecule has 0 saturated carbocycles. The highest BCUT2D eigenvalue weighted by atomic mass is 35.5. The van der Waals surface area contributed by atoms with Crippen LogP contribution in [0.2, 0.25) is 5.02 Å². The van der Waals surface area contributed by atoms with E-state index >= 15 is 0 Å². The molecule has 1 N–H and O–H groups in total. The molecule has 1 heterocycles. The van der Waals surface area contributed by atoms with E-state index in [1.54, 1.807) is 6.92 Å². The molecular formula is C13H15ClN2O3S. The van der Waals surface area contributed by atoms with Gasteiger partial charge in [0.15, 0.2) is 0 Å². The van der Waals surface area contributed by atoms with E-state index < -0.39 is 15.6 Å². The Morgan fingerprint density at radius 3 is 2.80 bits per heavy atom. The van der Waals surface area contributed by atoms with Crippen molar-refractivity contribution in [1.29, 1.82) is 5.26 Å². The van der Waals surface area contributed by atoms with Crippen LogP contribution >= 0.6 is 11.6 Å². The molecule has 1 aromatic carbocycles. The van der Waals surface area contributed by atoms with Gasteiger partial charge in [0.1, 0.15) is 4.90 Å². The first-order valence-electron chi connectivity index (χ1n) is 6.14. The summed E-state index contributed by atoms with van der Waals surface area (Å²) in [7, 11) is -3.81. The minimum Gasteiger partial charge on any atom is -0.376 e. The second-order valence-corrected chi connectivity index (χ2v) is 7.10. The van der Waals surface area contributed by atoms with Crippen molar-refractivity contribution in [3.63, 3.8) is 0 Å². The summed E-state index contributed by atoms with van der Waals surface area (Å²) in [6.07, 6.45) is 0.360. The number of nitrogens with one attached hydrogen (secondary N) is 1. The summed E-state index contributed by atoms with van der Waals surface area (Å²) in [5.41, 5.74) is -0.430. The third-order valence-corrected chi connectivity index (χ3v) is 5.70. The third-order valence-electron chi connectivity index (χ3n) is 3.60. The van der Waals surface area contributed by atoms with Crippen molar-refractivity contribution in [3.05, 3.63) is 28.8 Å². The van der Waals surface area contributed by atoms with E-state index in [2.05, 4.69) is 4.72 Å². The molecule has 108 valence electrons. The molecule has 0 radical (unpaired) electrons. The Bertz CT molecular complexity index is 669. The number of sulfonamides is 1. The number of benzene rings is 1. The molecule has 5 nitrogen and oxygen atoms in total. The lowest BCUT2D eigenvalue weighted by molar-refractivity contribution is 0.0957. The molecule has 2 atom stereocenters. The maximum atomic E-state index is 12.5. The highest BCUT2D eigenvalue weighted by Crippen LogP contribution is 2.29. The van der Waals surface area contributed by atoms with Gasteiger partial charge in [0, 0.05) is 6.61 Å². The van der Waals surface area contributed by atoms with E-state index in [0.717, 1.165) is 0 Å². The normalized spacial score (nSPS) is 26.4. The lowest BCUT2D eigenvalue weighted by atomic mass is 9.97. The van der Waals surface area contributed by atoms with Gasteiger partial charge in [-0.1, -0.05) is 11.6 Å². The van der Waals surface area contributed by atoms with Crippen LogP contribution < -0.4 is 4.72 Å². The van der Waals surface area contributed by atoms with Gasteiger partial charge in [0.2, 0.25) is 10.0 Å². The summed E-state index contributed by atoms with van der Waals surface area (Å²) in [5, 5.41) is 8.96. The van der Waals surface area contributed by atoms with Gasteiger partial charge in [-0.25, -0.2) is 13.1 Å². The van der Waals surface area contributed by atoms with E-state index in [0.29, 0.717) is 13.0 Å². The maximum absolute atomic E-state index is 12.5. The van der Waals surface area contributed by atoms with Crippen molar-refractivity contribution >= 4 is 21.6 Å². The fourth-order valence-corrected chi connectivity index (χ4v) is 4.13. The molecule has 1 saturated heterocycles. The van der Waals surface area contributed by atoms with Crippen LogP contribution in [0.25, 0.3) is 0 Å². The highest BCUT2D eigenvalue weighted by molar-refractivity contribution is 7.89. The topological polar surface area (TPSA) is 79.2 Å². The van der Waals surface area contributed by atoms with Crippen molar-refractivity contribution in [2.45, 2.75) is 36.8 Å². The first kappa shape index (κ1) is 15.3. The molecule has 2 unspecified atom stereocenters. The van der Waals surface area contributed by atoms with Gasteiger partial charge in [0.05, 0.1) is 28.3 Å². The number of halogens is 1. The summed E-state index contributed by atoms with van der Waals surface area (Å²) in [4.78, 5) is -0.0847. The average molecular weight is 315 g/mol. The Hall–Kier alpha value is -1.13. The van der Waals surface area contributed by atoms with E-state index in [-0.39, 0.29) is 21.6 Å². The second-order valence-electron chi connectivity index (χ2n) is 5.04. The lowest BCUT2D eigenvalue weighted by Gasteiger charge is -2.28. The van der Waals surface area contributed by atoms with Crippen molar-refractivity contribution < 1.29 is 13.2 Å². The van der Waals surface area contributed by atoms with Gasteiger partial charge in [0.25, 0.3) is 0 Å². The molecule has 0 aromatic heterocycles. The first-order chi connectivity index (χ1) is 9.28. The zero-order valence-corrected chi connectivity index (χ0v) is 12.8. The number of nitrogens with zero attached hydrogens (tertiary/aromatic N) is 1. The van der Waals surface area contributed by atoms with Gasteiger partial charge in [-0.3, -0.25) is 0 Å². The van der Waals surface area contributed by atoms with Crippen LogP contribution in [0.4, 0.5) is 0 Å². The largest absolute Gasteiger partial charge is 0.376 e. The summed E-state index contributed by atoms with van der Waals surface area (Å²) in [5.74, 6) is 0. The molecule has 7 heteroatoms. The van der Waals surface area contributed by atoms with Crippen LogP contribution in [0, 0.1) is 11.3 Å².